The van der Waals surface area contributed by atoms with Crippen LogP contribution < -0.4 is 0 Å². The first-order valence-electron chi connectivity index (χ1n) is 5.09. The quantitative estimate of drug-likeness (QED) is 0.634. The van der Waals surface area contributed by atoms with E-state index in [1.807, 2.05) is 0 Å². The van der Waals surface area contributed by atoms with E-state index in [2.05, 4.69) is 80.4 Å². The fraction of sp³-hybridized carbons (Fsp3) is 0.0667. The predicted octanol–water partition coefficient (Wildman–Crippen LogP) is 3.09. The number of fused-ring (bicyclic) bond motifs is 3. The van der Waals surface area contributed by atoms with Gasteiger partial charge in [-0.05, 0) is 0 Å². The second-order valence-corrected chi connectivity index (χ2v) is 4.53. The second-order valence-electron chi connectivity index (χ2n) is 3.52. The van der Waals surface area contributed by atoms with Gasteiger partial charge in [0.05, 0.1) is 0 Å². The van der Waals surface area contributed by atoms with Crippen LogP contribution in [0, 0.1) is 0 Å². The Hall–Kier alpha value is -1.12. The number of carbonyl (C=O) groups excluding carboxylic acids is 2. The Labute approximate surface area is 133 Å². The van der Waals surface area contributed by atoms with Crippen LogP contribution in [-0.2, 0) is 27.9 Å². The molecule has 0 spiro atoms. The van der Waals surface area contributed by atoms with Gasteiger partial charge in [-0.25, -0.2) is 0 Å². The normalized spacial score (nSPS) is 10.6. The summed E-state index contributed by atoms with van der Waals surface area (Å²) in [6.45, 7) is 9.00. The molecule has 1 aliphatic rings. The molecule has 0 bridgehead atoms. The van der Waals surface area contributed by atoms with Crippen LogP contribution in [0.5, 0.6) is 0 Å². The van der Waals surface area contributed by atoms with E-state index >= 15 is 0 Å². The van der Waals surface area contributed by atoms with Crippen molar-refractivity contribution >= 4 is 30.6 Å². The van der Waals surface area contributed by atoms with Crippen molar-refractivity contribution in [1.82, 2.24) is 0 Å². The van der Waals surface area contributed by atoms with Crippen molar-refractivity contribution in [1.29, 1.82) is 0 Å². The molecule has 2 aromatic rings. The van der Waals surface area contributed by atoms with Gasteiger partial charge < -0.3 is 0 Å². The topological polar surface area (TPSA) is 34.1 Å². The molecule has 0 saturated heterocycles. The van der Waals surface area contributed by atoms with Gasteiger partial charge in [0.15, 0.2) is 0 Å². The van der Waals surface area contributed by atoms with Gasteiger partial charge in [0.1, 0.15) is 0 Å². The van der Waals surface area contributed by atoms with E-state index in [1.165, 1.54) is 22.3 Å². The summed E-state index contributed by atoms with van der Waals surface area (Å²) in [4.78, 5) is 15.0. The van der Waals surface area contributed by atoms with E-state index in [1.54, 1.807) is 0 Å². The number of hydrogen-bond donors (Lipinski definition) is 0. The summed E-state index contributed by atoms with van der Waals surface area (Å²) in [5.74, 6) is 0. The molecule has 0 N–H and O–H groups in total. The third kappa shape index (κ3) is 3.46. The van der Waals surface area contributed by atoms with E-state index in [0.29, 0.717) is 4.51 Å². The van der Waals surface area contributed by atoms with Gasteiger partial charge in [-0.3, -0.25) is 9.59 Å². The van der Waals surface area contributed by atoms with Crippen LogP contribution in [0.15, 0.2) is 48.5 Å². The zero-order valence-electron chi connectivity index (χ0n) is 9.77. The molecule has 97 valence electrons. The van der Waals surface area contributed by atoms with Crippen LogP contribution in [-0.4, -0.2) is 13.6 Å². The molecule has 0 aliphatic heterocycles. The SMILES string of the molecule is Br.[C]=O.[C]=O.[Ru][CH]1c2ccccc2-c2ccccc21. The Bertz CT molecular complexity index is 484. The van der Waals surface area contributed by atoms with Gasteiger partial charge in [0, 0.05) is 0 Å². The number of benzene rings is 2. The summed E-state index contributed by atoms with van der Waals surface area (Å²) in [6, 6.07) is 17.3. The maximum absolute atomic E-state index is 7.50. The van der Waals surface area contributed by atoms with Gasteiger partial charge in [-0.15, -0.1) is 17.0 Å². The van der Waals surface area contributed by atoms with Gasteiger partial charge in [-0.1, -0.05) is 0 Å². The van der Waals surface area contributed by atoms with Crippen molar-refractivity contribution in [3.05, 3.63) is 59.7 Å². The minimum absolute atomic E-state index is 0. The molecule has 0 fully saturated rings. The van der Waals surface area contributed by atoms with Gasteiger partial charge in [0.2, 0.25) is 0 Å². The third-order valence-electron chi connectivity index (χ3n) is 2.74. The van der Waals surface area contributed by atoms with Crippen LogP contribution in [0.25, 0.3) is 11.1 Å². The summed E-state index contributed by atoms with van der Waals surface area (Å²) in [6.07, 6.45) is 0. The predicted molar refractivity (Wildman–Crippen MR) is 75.4 cm³/mol. The van der Waals surface area contributed by atoms with Crippen LogP contribution >= 0.6 is 17.0 Å². The summed E-state index contributed by atoms with van der Waals surface area (Å²) < 4.78 is 0.488. The molecule has 0 atom stereocenters. The first-order valence-corrected chi connectivity index (χ1v) is 6.10. The molecule has 0 amide bonds. The molecule has 2 aromatic carbocycles. The summed E-state index contributed by atoms with van der Waals surface area (Å²) in [5, 5.41) is 0. The van der Waals surface area contributed by atoms with Gasteiger partial charge in [0.25, 0.3) is 13.6 Å². The standard InChI is InChI=1S/C13H9.2CO.BrH.Ru/c1-3-7-12-10(5-1)9-11-6-2-4-8-13(11)12;2*1-2;;/h1-9H;;;1H;. The van der Waals surface area contributed by atoms with Crippen molar-refractivity contribution < 1.29 is 27.9 Å². The van der Waals surface area contributed by atoms with E-state index < -0.39 is 0 Å². The van der Waals surface area contributed by atoms with Crippen LogP contribution in [0.4, 0.5) is 0 Å². The second kappa shape index (κ2) is 8.89. The summed E-state index contributed by atoms with van der Waals surface area (Å²) in [5.41, 5.74) is 5.66. The minimum atomic E-state index is 0. The van der Waals surface area contributed by atoms with Crippen molar-refractivity contribution in [3.63, 3.8) is 0 Å². The molecule has 0 saturated carbocycles. The summed E-state index contributed by atoms with van der Waals surface area (Å²) in [7, 11) is 0. The van der Waals surface area contributed by atoms with Crippen molar-refractivity contribution in [2.24, 2.45) is 0 Å². The fourth-order valence-electron chi connectivity index (χ4n) is 2.08. The maximum atomic E-state index is 7.50. The molecular weight excluding hydrogens is 393 g/mol. The molecule has 4 radical (unpaired) electrons. The molecule has 1 aliphatic carbocycles. The van der Waals surface area contributed by atoms with E-state index in [0.717, 1.165) is 0 Å². The van der Waals surface area contributed by atoms with Crippen LogP contribution in [0.3, 0.4) is 0 Å². The fourth-order valence-corrected chi connectivity index (χ4v) is 2.96. The first kappa shape index (κ1) is 17.9. The molecule has 2 nitrogen and oxygen atoms in total. The number of rotatable bonds is 0. The Morgan fingerprint density at radius 2 is 1.05 bits per heavy atom. The zero-order chi connectivity index (χ0) is 13.5. The average Bonchev–Trinajstić information content (AvgIpc) is 2.78. The molecule has 0 unspecified atom stereocenters. The molecule has 0 heterocycles. The Balaban J connectivity index is 0.000000597. The number of hydrogen-bond acceptors (Lipinski definition) is 2. The van der Waals surface area contributed by atoms with Crippen molar-refractivity contribution in [3.8, 4) is 11.1 Å². The monoisotopic (exact) mass is 403 g/mol. The van der Waals surface area contributed by atoms with Gasteiger partial charge in [-0.2, -0.15) is 0 Å². The molecule has 3 rings (SSSR count). The summed E-state index contributed by atoms with van der Waals surface area (Å²) >= 11 is 2.82. The molecule has 19 heavy (non-hydrogen) atoms. The van der Waals surface area contributed by atoms with Gasteiger partial charge >= 0.3 is 93.6 Å². The Morgan fingerprint density at radius 3 is 1.42 bits per heavy atom. The Morgan fingerprint density at radius 1 is 0.737 bits per heavy atom. The molecule has 4 heteroatoms. The number of halogens is 1. The van der Waals surface area contributed by atoms with Crippen molar-refractivity contribution in [2.45, 2.75) is 4.51 Å². The van der Waals surface area contributed by atoms with E-state index in [4.69, 9.17) is 9.59 Å². The van der Waals surface area contributed by atoms with Crippen LogP contribution in [0.1, 0.15) is 15.6 Å². The van der Waals surface area contributed by atoms with Crippen molar-refractivity contribution in [2.75, 3.05) is 0 Å². The average molecular weight is 403 g/mol. The van der Waals surface area contributed by atoms with Crippen LogP contribution in [0.2, 0.25) is 0 Å². The van der Waals surface area contributed by atoms with E-state index in [9.17, 15) is 0 Å². The first-order chi connectivity index (χ1) is 8.88. The third-order valence-corrected chi connectivity index (χ3v) is 3.82. The molecule has 0 aromatic heterocycles. The molecular formula is C15H10BrO2Ru. The van der Waals surface area contributed by atoms with E-state index in [-0.39, 0.29) is 17.0 Å². The zero-order valence-corrected chi connectivity index (χ0v) is 13.2. The Kier molecular flexibility index (Phi) is 8.37.